The van der Waals surface area contributed by atoms with Crippen molar-refractivity contribution >= 4 is 0 Å². The van der Waals surface area contributed by atoms with Gasteiger partial charge in [0, 0.05) is 12.6 Å². The number of allylic oxidation sites excluding steroid dienone is 2. The van der Waals surface area contributed by atoms with Crippen LogP contribution in [0.25, 0.3) is 0 Å². The lowest BCUT2D eigenvalue weighted by Crippen LogP contribution is -2.48. The molecule has 1 aliphatic heterocycles. The quantitative estimate of drug-likeness (QED) is 0.650. The van der Waals surface area contributed by atoms with Gasteiger partial charge in [0.05, 0.1) is 12.7 Å². The van der Waals surface area contributed by atoms with Gasteiger partial charge in [-0.25, -0.2) is 0 Å². The average molecular weight is 332 g/mol. The van der Waals surface area contributed by atoms with Gasteiger partial charge in [-0.1, -0.05) is 51.8 Å². The second-order valence-electron chi connectivity index (χ2n) is 8.69. The first-order valence-electron chi connectivity index (χ1n) is 10.3. The molecule has 0 aromatic heterocycles. The molecular weight excluding hydrogens is 294 g/mol. The summed E-state index contributed by atoms with van der Waals surface area (Å²) in [7, 11) is 0. The van der Waals surface area contributed by atoms with E-state index >= 15 is 0 Å². The SMILES string of the molecule is CCC(C)(C)C1=CCC(OCCN2CCCC3CCCCC32)C=C1. The van der Waals surface area contributed by atoms with Gasteiger partial charge in [-0.05, 0) is 62.0 Å². The average Bonchev–Trinajstić information content (AvgIpc) is 2.62. The van der Waals surface area contributed by atoms with Crippen LogP contribution >= 0.6 is 0 Å². The summed E-state index contributed by atoms with van der Waals surface area (Å²) in [6, 6.07) is 0.856. The van der Waals surface area contributed by atoms with Crippen LogP contribution in [0.1, 0.15) is 72.1 Å². The van der Waals surface area contributed by atoms with E-state index in [1.165, 1.54) is 57.1 Å². The van der Waals surface area contributed by atoms with Gasteiger partial charge in [-0.15, -0.1) is 0 Å². The maximum Gasteiger partial charge on any atom is 0.0794 e. The number of hydrogen-bond donors (Lipinski definition) is 0. The van der Waals surface area contributed by atoms with Gasteiger partial charge in [0.15, 0.2) is 0 Å². The number of ether oxygens (including phenoxy) is 1. The van der Waals surface area contributed by atoms with Crippen LogP contribution in [-0.4, -0.2) is 36.7 Å². The zero-order valence-electron chi connectivity index (χ0n) is 16.1. The highest BCUT2D eigenvalue weighted by molar-refractivity contribution is 5.29. The summed E-state index contributed by atoms with van der Waals surface area (Å²) in [6.07, 6.45) is 18.1. The fraction of sp³-hybridized carbons (Fsp3) is 0.818. The second kappa shape index (κ2) is 8.19. The Bertz CT molecular complexity index is 463. The van der Waals surface area contributed by atoms with Crippen LogP contribution in [0.4, 0.5) is 0 Å². The normalized spacial score (nSPS) is 31.6. The van der Waals surface area contributed by atoms with Crippen molar-refractivity contribution in [2.24, 2.45) is 11.3 Å². The largest absolute Gasteiger partial charge is 0.372 e. The molecule has 0 bridgehead atoms. The molecule has 2 heteroatoms. The fourth-order valence-corrected chi connectivity index (χ4v) is 4.76. The van der Waals surface area contributed by atoms with E-state index in [-0.39, 0.29) is 6.10 Å². The van der Waals surface area contributed by atoms with Gasteiger partial charge in [0.2, 0.25) is 0 Å². The smallest absolute Gasteiger partial charge is 0.0794 e. The van der Waals surface area contributed by atoms with Gasteiger partial charge in [0.25, 0.3) is 0 Å². The van der Waals surface area contributed by atoms with E-state index in [9.17, 15) is 0 Å². The van der Waals surface area contributed by atoms with Crippen LogP contribution in [0.3, 0.4) is 0 Å². The van der Waals surface area contributed by atoms with E-state index < -0.39 is 0 Å². The Hall–Kier alpha value is -0.600. The third-order valence-corrected chi connectivity index (χ3v) is 6.79. The number of nitrogens with zero attached hydrogens (tertiary/aromatic N) is 1. The fourth-order valence-electron chi connectivity index (χ4n) is 4.76. The van der Waals surface area contributed by atoms with Gasteiger partial charge in [0.1, 0.15) is 0 Å². The summed E-state index contributed by atoms with van der Waals surface area (Å²) >= 11 is 0. The molecule has 2 nitrogen and oxygen atoms in total. The predicted molar refractivity (Wildman–Crippen MR) is 102 cm³/mol. The molecule has 2 aliphatic carbocycles. The first kappa shape index (κ1) is 18.2. The summed E-state index contributed by atoms with van der Waals surface area (Å²) < 4.78 is 6.19. The first-order chi connectivity index (χ1) is 11.6. The van der Waals surface area contributed by atoms with Crippen molar-refractivity contribution in [2.45, 2.75) is 84.3 Å². The van der Waals surface area contributed by atoms with Crippen molar-refractivity contribution in [2.75, 3.05) is 19.7 Å². The van der Waals surface area contributed by atoms with Crippen LogP contribution in [0, 0.1) is 11.3 Å². The minimum atomic E-state index is 0.286. The summed E-state index contributed by atoms with van der Waals surface area (Å²) in [5.41, 5.74) is 1.77. The van der Waals surface area contributed by atoms with E-state index in [1.807, 2.05) is 0 Å². The molecule has 3 atom stereocenters. The lowest BCUT2D eigenvalue weighted by atomic mass is 9.78. The van der Waals surface area contributed by atoms with Crippen molar-refractivity contribution in [3.8, 4) is 0 Å². The van der Waals surface area contributed by atoms with Crippen LogP contribution in [0.2, 0.25) is 0 Å². The Balaban J connectivity index is 1.42. The molecule has 136 valence electrons. The maximum atomic E-state index is 6.19. The topological polar surface area (TPSA) is 12.5 Å². The molecule has 0 N–H and O–H groups in total. The van der Waals surface area contributed by atoms with Crippen molar-refractivity contribution in [1.82, 2.24) is 4.90 Å². The molecule has 0 spiro atoms. The Kier molecular flexibility index (Phi) is 6.21. The maximum absolute atomic E-state index is 6.19. The Morgan fingerprint density at radius 3 is 2.71 bits per heavy atom. The summed E-state index contributed by atoms with van der Waals surface area (Å²) in [5.74, 6) is 0.976. The van der Waals surface area contributed by atoms with Crippen LogP contribution in [-0.2, 0) is 4.74 Å². The first-order valence-corrected chi connectivity index (χ1v) is 10.3. The standard InChI is InChI=1S/C22H37NO/c1-4-22(2,3)19-11-13-20(14-12-19)24-17-16-23-15-7-9-18-8-5-6-10-21(18)23/h11-13,18,20-21H,4-10,14-17H2,1-3H3. The van der Waals surface area contributed by atoms with E-state index in [4.69, 9.17) is 4.74 Å². The van der Waals surface area contributed by atoms with Crippen molar-refractivity contribution in [3.05, 3.63) is 23.8 Å². The van der Waals surface area contributed by atoms with E-state index in [0.717, 1.165) is 31.5 Å². The van der Waals surface area contributed by atoms with Crippen molar-refractivity contribution < 1.29 is 4.74 Å². The highest BCUT2D eigenvalue weighted by atomic mass is 16.5. The molecule has 1 saturated heterocycles. The monoisotopic (exact) mass is 331 g/mol. The highest BCUT2D eigenvalue weighted by Crippen LogP contribution is 2.35. The number of hydrogen-bond acceptors (Lipinski definition) is 2. The van der Waals surface area contributed by atoms with Gasteiger partial charge >= 0.3 is 0 Å². The van der Waals surface area contributed by atoms with E-state index in [0.29, 0.717) is 5.41 Å². The summed E-state index contributed by atoms with van der Waals surface area (Å²) in [4.78, 5) is 2.74. The molecule has 0 aromatic rings. The molecule has 3 aliphatic rings. The molecule has 3 unspecified atom stereocenters. The van der Waals surface area contributed by atoms with E-state index in [2.05, 4.69) is 43.9 Å². The summed E-state index contributed by atoms with van der Waals surface area (Å²) in [5, 5.41) is 0. The minimum absolute atomic E-state index is 0.286. The number of likely N-dealkylation sites (tertiary alicyclic amines) is 1. The van der Waals surface area contributed by atoms with Crippen LogP contribution < -0.4 is 0 Å². The molecule has 1 saturated carbocycles. The molecule has 0 amide bonds. The van der Waals surface area contributed by atoms with Crippen molar-refractivity contribution in [3.63, 3.8) is 0 Å². The number of rotatable bonds is 6. The Morgan fingerprint density at radius 1 is 1.17 bits per heavy atom. The minimum Gasteiger partial charge on any atom is -0.372 e. The summed E-state index contributed by atoms with van der Waals surface area (Å²) in [6.45, 7) is 10.2. The molecule has 24 heavy (non-hydrogen) atoms. The van der Waals surface area contributed by atoms with Gasteiger partial charge < -0.3 is 4.74 Å². The highest BCUT2D eigenvalue weighted by Gasteiger charge is 2.32. The number of piperidine rings is 1. The van der Waals surface area contributed by atoms with Crippen LogP contribution in [0.15, 0.2) is 23.8 Å². The van der Waals surface area contributed by atoms with Gasteiger partial charge in [-0.2, -0.15) is 0 Å². The Morgan fingerprint density at radius 2 is 1.96 bits per heavy atom. The lowest BCUT2D eigenvalue weighted by molar-refractivity contribution is 0.0155. The molecule has 0 aromatic carbocycles. The third kappa shape index (κ3) is 4.32. The zero-order valence-corrected chi connectivity index (χ0v) is 16.1. The Labute approximate surface area is 149 Å². The lowest BCUT2D eigenvalue weighted by Gasteiger charge is -2.44. The van der Waals surface area contributed by atoms with Gasteiger partial charge in [-0.3, -0.25) is 4.90 Å². The zero-order chi connectivity index (χ0) is 17.0. The number of fused-ring (bicyclic) bond motifs is 1. The third-order valence-electron chi connectivity index (χ3n) is 6.79. The molecule has 0 radical (unpaired) electrons. The molecule has 1 heterocycles. The predicted octanol–water partition coefficient (Wildman–Crippen LogP) is 5.35. The molecular formula is C22H37NO. The van der Waals surface area contributed by atoms with Crippen molar-refractivity contribution in [1.29, 1.82) is 0 Å². The molecule has 2 fully saturated rings. The van der Waals surface area contributed by atoms with Crippen LogP contribution in [0.5, 0.6) is 0 Å². The van der Waals surface area contributed by atoms with E-state index in [1.54, 1.807) is 0 Å². The molecule has 3 rings (SSSR count). The second-order valence-corrected chi connectivity index (χ2v) is 8.69.